The SMILES string of the molecule is O=C(O)CCC[Se]c1ccc(Br)cn1. The van der Waals surface area contributed by atoms with Gasteiger partial charge in [-0.1, -0.05) is 0 Å². The van der Waals surface area contributed by atoms with Crippen LogP contribution < -0.4 is 4.59 Å². The summed E-state index contributed by atoms with van der Waals surface area (Å²) in [5.41, 5.74) is 0. The van der Waals surface area contributed by atoms with Gasteiger partial charge in [-0.15, -0.1) is 0 Å². The third-order valence-corrected chi connectivity index (χ3v) is 4.12. The standard InChI is InChI=1S/C9H10BrNO2Se/c10-7-3-4-8(11-6-7)14-5-1-2-9(12)13/h3-4,6H,1-2,5H2,(H,12,13). The van der Waals surface area contributed by atoms with Crippen LogP contribution in [0.3, 0.4) is 0 Å². The van der Waals surface area contributed by atoms with E-state index in [4.69, 9.17) is 5.11 Å². The van der Waals surface area contributed by atoms with E-state index >= 15 is 0 Å². The Hall–Kier alpha value is -0.381. The van der Waals surface area contributed by atoms with Crippen molar-refractivity contribution >= 4 is 41.4 Å². The van der Waals surface area contributed by atoms with Gasteiger partial charge in [-0.3, -0.25) is 0 Å². The van der Waals surface area contributed by atoms with E-state index in [0.717, 1.165) is 20.8 Å². The van der Waals surface area contributed by atoms with Crippen LogP contribution in [0.15, 0.2) is 22.8 Å². The number of nitrogens with zero attached hydrogens (tertiary/aromatic N) is 1. The van der Waals surface area contributed by atoms with Crippen molar-refractivity contribution in [2.24, 2.45) is 0 Å². The van der Waals surface area contributed by atoms with Crippen molar-refractivity contribution in [3.05, 3.63) is 22.8 Å². The van der Waals surface area contributed by atoms with Gasteiger partial charge in [0.1, 0.15) is 0 Å². The Morgan fingerprint density at radius 3 is 2.93 bits per heavy atom. The number of aromatic nitrogens is 1. The number of halogens is 1. The Labute approximate surface area is 97.2 Å². The molecule has 0 radical (unpaired) electrons. The molecule has 1 heterocycles. The number of carboxylic acid groups (broad SMARTS) is 1. The van der Waals surface area contributed by atoms with Crippen LogP contribution in [0.5, 0.6) is 0 Å². The molecular formula is C9H10BrNO2Se. The topological polar surface area (TPSA) is 50.2 Å². The second kappa shape index (κ2) is 6.17. The molecule has 0 bridgehead atoms. The molecule has 0 saturated heterocycles. The summed E-state index contributed by atoms with van der Waals surface area (Å²) in [6.07, 6.45) is 2.78. The average Bonchev–Trinajstić information content (AvgIpc) is 2.15. The second-order valence-corrected chi connectivity index (χ2v) is 5.92. The fourth-order valence-electron chi connectivity index (χ4n) is 0.848. The van der Waals surface area contributed by atoms with Crippen LogP contribution in [0.25, 0.3) is 0 Å². The van der Waals surface area contributed by atoms with E-state index in [1.54, 1.807) is 6.20 Å². The zero-order valence-electron chi connectivity index (χ0n) is 7.44. The maximum absolute atomic E-state index is 10.2. The molecule has 0 spiro atoms. The molecule has 0 fully saturated rings. The van der Waals surface area contributed by atoms with Crippen molar-refractivity contribution in [2.45, 2.75) is 18.2 Å². The molecule has 1 rings (SSSR count). The summed E-state index contributed by atoms with van der Waals surface area (Å²) in [7, 11) is 0. The van der Waals surface area contributed by atoms with E-state index < -0.39 is 5.97 Å². The van der Waals surface area contributed by atoms with Gasteiger partial charge in [-0.05, 0) is 0 Å². The van der Waals surface area contributed by atoms with Crippen molar-refractivity contribution in [1.82, 2.24) is 4.98 Å². The maximum atomic E-state index is 10.2. The van der Waals surface area contributed by atoms with E-state index in [2.05, 4.69) is 20.9 Å². The van der Waals surface area contributed by atoms with Gasteiger partial charge in [-0.25, -0.2) is 0 Å². The van der Waals surface area contributed by atoms with Gasteiger partial charge in [-0.2, -0.15) is 0 Å². The predicted molar refractivity (Wildman–Crippen MR) is 59.0 cm³/mol. The molecule has 76 valence electrons. The number of hydrogen-bond acceptors (Lipinski definition) is 2. The molecule has 0 aliphatic carbocycles. The zero-order valence-corrected chi connectivity index (χ0v) is 10.7. The normalized spacial score (nSPS) is 10.1. The van der Waals surface area contributed by atoms with E-state index in [-0.39, 0.29) is 6.42 Å². The van der Waals surface area contributed by atoms with Gasteiger partial charge in [0.15, 0.2) is 0 Å². The van der Waals surface area contributed by atoms with Gasteiger partial charge in [0, 0.05) is 0 Å². The van der Waals surface area contributed by atoms with E-state index in [0.29, 0.717) is 15.0 Å². The third-order valence-electron chi connectivity index (χ3n) is 1.49. The Balaban J connectivity index is 2.25. The molecule has 0 aliphatic heterocycles. The second-order valence-electron chi connectivity index (χ2n) is 2.66. The van der Waals surface area contributed by atoms with Gasteiger partial charge < -0.3 is 0 Å². The van der Waals surface area contributed by atoms with Gasteiger partial charge in [0.05, 0.1) is 0 Å². The minimum absolute atomic E-state index is 0.262. The van der Waals surface area contributed by atoms with Crippen LogP contribution in [0.1, 0.15) is 12.8 Å². The Kier molecular flexibility index (Phi) is 5.15. The van der Waals surface area contributed by atoms with Crippen LogP contribution in [0, 0.1) is 0 Å². The van der Waals surface area contributed by atoms with Crippen LogP contribution in [-0.4, -0.2) is 31.0 Å². The van der Waals surface area contributed by atoms with E-state index in [9.17, 15) is 4.79 Å². The molecule has 1 aromatic heterocycles. The van der Waals surface area contributed by atoms with Gasteiger partial charge in [0.2, 0.25) is 0 Å². The number of carbonyl (C=O) groups is 1. The molecule has 5 heteroatoms. The van der Waals surface area contributed by atoms with Crippen molar-refractivity contribution in [2.75, 3.05) is 0 Å². The number of aliphatic carboxylic acids is 1. The fourth-order valence-corrected chi connectivity index (χ4v) is 2.74. The minimum atomic E-state index is -0.718. The molecule has 0 aromatic carbocycles. The van der Waals surface area contributed by atoms with Crippen LogP contribution in [0.2, 0.25) is 5.32 Å². The zero-order chi connectivity index (χ0) is 10.4. The molecular weight excluding hydrogens is 313 g/mol. The molecule has 3 nitrogen and oxygen atoms in total. The Morgan fingerprint density at radius 2 is 2.36 bits per heavy atom. The fraction of sp³-hybridized carbons (Fsp3) is 0.333. The molecule has 0 amide bonds. The number of rotatable bonds is 5. The van der Waals surface area contributed by atoms with Gasteiger partial charge >= 0.3 is 97.3 Å². The molecule has 14 heavy (non-hydrogen) atoms. The molecule has 0 aliphatic rings. The van der Waals surface area contributed by atoms with Crippen molar-refractivity contribution in [3.63, 3.8) is 0 Å². The first kappa shape index (κ1) is 11.7. The number of hydrogen-bond donors (Lipinski definition) is 1. The van der Waals surface area contributed by atoms with Crippen molar-refractivity contribution < 1.29 is 9.90 Å². The molecule has 0 atom stereocenters. The summed E-state index contributed by atoms with van der Waals surface area (Å²) in [6, 6.07) is 3.94. The summed E-state index contributed by atoms with van der Waals surface area (Å²) in [6.45, 7) is 0. The quantitative estimate of drug-likeness (QED) is 0.659. The van der Waals surface area contributed by atoms with Crippen LogP contribution in [0.4, 0.5) is 0 Å². The Morgan fingerprint density at radius 1 is 1.57 bits per heavy atom. The number of pyridine rings is 1. The van der Waals surface area contributed by atoms with Crippen LogP contribution in [-0.2, 0) is 4.79 Å². The summed E-state index contributed by atoms with van der Waals surface area (Å²) in [5, 5.41) is 9.37. The van der Waals surface area contributed by atoms with E-state index in [1.807, 2.05) is 12.1 Å². The first-order valence-electron chi connectivity index (χ1n) is 4.14. The van der Waals surface area contributed by atoms with E-state index in [1.165, 1.54) is 0 Å². The summed E-state index contributed by atoms with van der Waals surface area (Å²) in [4.78, 5) is 14.5. The predicted octanol–water partition coefficient (Wildman–Crippen LogP) is 1.46. The molecule has 0 unspecified atom stereocenters. The van der Waals surface area contributed by atoms with Crippen LogP contribution >= 0.6 is 15.9 Å². The summed E-state index contributed by atoms with van der Waals surface area (Å²) in [5.74, 6) is -0.718. The molecule has 0 saturated carbocycles. The monoisotopic (exact) mass is 323 g/mol. The first-order chi connectivity index (χ1) is 6.68. The third kappa shape index (κ3) is 4.74. The van der Waals surface area contributed by atoms with Crippen molar-refractivity contribution in [1.29, 1.82) is 0 Å². The number of carboxylic acids is 1. The summed E-state index contributed by atoms with van der Waals surface area (Å²) >= 11 is 3.61. The first-order valence-corrected chi connectivity index (χ1v) is 7.01. The summed E-state index contributed by atoms with van der Waals surface area (Å²) < 4.78 is 2.05. The van der Waals surface area contributed by atoms with Crippen molar-refractivity contribution in [3.8, 4) is 0 Å². The molecule has 1 N–H and O–H groups in total. The Bertz CT molecular complexity index is 302. The average molecular weight is 323 g/mol. The molecule has 1 aromatic rings. The van der Waals surface area contributed by atoms with Gasteiger partial charge in [0.25, 0.3) is 0 Å².